The third kappa shape index (κ3) is 3.37. The topological polar surface area (TPSA) is 115 Å². The molecule has 0 amide bonds. The van der Waals surface area contributed by atoms with E-state index < -0.39 is 40.7 Å². The van der Waals surface area contributed by atoms with E-state index in [1.165, 1.54) is 6.08 Å². The normalized spacial score (nSPS) is 38.0. The van der Waals surface area contributed by atoms with Crippen molar-refractivity contribution in [3.63, 3.8) is 0 Å². The molecule has 0 aromatic heterocycles. The summed E-state index contributed by atoms with van der Waals surface area (Å²) in [6.07, 6.45) is 11.5. The highest BCUT2D eigenvalue weighted by molar-refractivity contribution is 5.86. The first-order chi connectivity index (χ1) is 11.4. The van der Waals surface area contributed by atoms with Crippen molar-refractivity contribution in [1.82, 2.24) is 0 Å². The Labute approximate surface area is 140 Å². The van der Waals surface area contributed by atoms with Gasteiger partial charge in [0, 0.05) is 0 Å². The van der Waals surface area contributed by atoms with Gasteiger partial charge in [0.25, 0.3) is 0 Å². The van der Waals surface area contributed by atoms with Crippen molar-refractivity contribution in [3.05, 3.63) is 48.0 Å². The zero-order valence-electron chi connectivity index (χ0n) is 13.3. The highest BCUT2D eigenvalue weighted by Crippen LogP contribution is 2.47. The quantitative estimate of drug-likeness (QED) is 0.629. The molecule has 2 rings (SSSR count). The summed E-state index contributed by atoms with van der Waals surface area (Å²) < 4.78 is 0. The van der Waals surface area contributed by atoms with Crippen LogP contribution >= 0.6 is 0 Å². The second-order valence-corrected chi connectivity index (χ2v) is 6.19. The number of aliphatic carboxylic acids is 2. The molecule has 130 valence electrons. The lowest BCUT2D eigenvalue weighted by atomic mass is 9.61. The molecular weight excluding hydrogens is 312 g/mol. The van der Waals surface area contributed by atoms with Crippen LogP contribution in [0.5, 0.6) is 0 Å². The van der Waals surface area contributed by atoms with E-state index in [0.717, 1.165) is 6.08 Å². The summed E-state index contributed by atoms with van der Waals surface area (Å²) in [6, 6.07) is 0. The second-order valence-electron chi connectivity index (χ2n) is 6.19. The Morgan fingerprint density at radius 2 is 1.71 bits per heavy atom. The predicted molar refractivity (Wildman–Crippen MR) is 87.5 cm³/mol. The number of carboxylic acid groups (broad SMARTS) is 2. The van der Waals surface area contributed by atoms with Gasteiger partial charge in [-0.25, -0.2) is 0 Å². The SMILES string of the molecule is O=C(O)C1CC/C=C(O)\C(O)=C/C1(C(=O)O)C1C/C=C\C=C/CC1. The third-order valence-electron chi connectivity index (χ3n) is 4.84. The number of carboxylic acids is 2. The predicted octanol–water partition coefficient (Wildman–Crippen LogP) is 3.35. The van der Waals surface area contributed by atoms with Crippen LogP contribution in [0.2, 0.25) is 0 Å². The number of allylic oxidation sites excluding steroid dienone is 5. The zero-order valence-corrected chi connectivity index (χ0v) is 13.3. The minimum atomic E-state index is -1.78. The fraction of sp³-hybridized carbons (Fsp3) is 0.444. The van der Waals surface area contributed by atoms with Crippen LogP contribution in [0.3, 0.4) is 0 Å². The maximum atomic E-state index is 12.2. The van der Waals surface area contributed by atoms with Gasteiger partial charge in [-0.2, -0.15) is 0 Å². The van der Waals surface area contributed by atoms with Gasteiger partial charge in [-0.05, 0) is 50.2 Å². The Morgan fingerprint density at radius 1 is 1.00 bits per heavy atom. The fourth-order valence-corrected chi connectivity index (χ4v) is 3.59. The minimum absolute atomic E-state index is 0.0749. The molecule has 2 aliphatic carbocycles. The van der Waals surface area contributed by atoms with Crippen LogP contribution in [-0.2, 0) is 9.59 Å². The summed E-state index contributed by atoms with van der Waals surface area (Å²) in [5.41, 5.74) is -1.78. The summed E-state index contributed by atoms with van der Waals surface area (Å²) in [5, 5.41) is 39.5. The van der Waals surface area contributed by atoms with Gasteiger partial charge in [-0.15, -0.1) is 0 Å². The van der Waals surface area contributed by atoms with Crippen molar-refractivity contribution < 1.29 is 30.0 Å². The van der Waals surface area contributed by atoms with Crippen LogP contribution in [0.15, 0.2) is 48.0 Å². The molecule has 3 unspecified atom stereocenters. The smallest absolute Gasteiger partial charge is 0.314 e. The van der Waals surface area contributed by atoms with E-state index in [4.69, 9.17) is 0 Å². The maximum Gasteiger partial charge on any atom is 0.314 e. The zero-order chi connectivity index (χ0) is 17.7. The van der Waals surface area contributed by atoms with Crippen molar-refractivity contribution in [3.8, 4) is 0 Å². The van der Waals surface area contributed by atoms with Gasteiger partial charge >= 0.3 is 11.9 Å². The molecule has 24 heavy (non-hydrogen) atoms. The summed E-state index contributed by atoms with van der Waals surface area (Å²) in [5.74, 6) is -5.19. The third-order valence-corrected chi connectivity index (χ3v) is 4.84. The lowest BCUT2D eigenvalue weighted by Crippen LogP contribution is -2.47. The fourth-order valence-electron chi connectivity index (χ4n) is 3.59. The van der Waals surface area contributed by atoms with Gasteiger partial charge in [0.05, 0.1) is 5.92 Å². The maximum absolute atomic E-state index is 12.2. The molecule has 0 spiro atoms. The van der Waals surface area contributed by atoms with Crippen LogP contribution in [0.1, 0.15) is 32.1 Å². The monoisotopic (exact) mass is 334 g/mol. The Morgan fingerprint density at radius 3 is 2.38 bits per heavy atom. The Hall–Kier alpha value is -2.50. The molecule has 0 aromatic carbocycles. The second kappa shape index (κ2) is 7.38. The highest BCUT2D eigenvalue weighted by atomic mass is 16.4. The summed E-state index contributed by atoms with van der Waals surface area (Å²) in [4.78, 5) is 24.1. The van der Waals surface area contributed by atoms with Gasteiger partial charge < -0.3 is 20.4 Å². The minimum Gasteiger partial charge on any atom is -0.504 e. The van der Waals surface area contributed by atoms with Crippen molar-refractivity contribution in [2.45, 2.75) is 32.1 Å². The average Bonchev–Trinajstić information content (AvgIpc) is 2.47. The van der Waals surface area contributed by atoms with Gasteiger partial charge in [0.2, 0.25) is 0 Å². The molecule has 6 nitrogen and oxygen atoms in total. The molecule has 3 atom stereocenters. The Bertz CT molecular complexity index is 627. The van der Waals surface area contributed by atoms with E-state index in [-0.39, 0.29) is 12.8 Å². The van der Waals surface area contributed by atoms with E-state index in [1.807, 2.05) is 18.2 Å². The van der Waals surface area contributed by atoms with Crippen LogP contribution in [-0.4, -0.2) is 32.4 Å². The summed E-state index contributed by atoms with van der Waals surface area (Å²) >= 11 is 0. The van der Waals surface area contributed by atoms with E-state index in [0.29, 0.717) is 19.3 Å². The largest absolute Gasteiger partial charge is 0.504 e. The molecule has 0 fully saturated rings. The number of hydrogen-bond donors (Lipinski definition) is 4. The lowest BCUT2D eigenvalue weighted by molar-refractivity contribution is -0.163. The number of aliphatic hydroxyl groups excluding tert-OH is 2. The Balaban J connectivity index is 2.61. The molecule has 0 saturated carbocycles. The molecule has 0 radical (unpaired) electrons. The molecule has 0 saturated heterocycles. The molecule has 0 bridgehead atoms. The Kier molecular flexibility index (Phi) is 5.49. The standard InChI is InChI=1S/C18H22O6/c19-14-10-6-9-13(16(21)22)18(17(23)24,11-15(14)20)12-7-4-2-1-3-5-8-12/h1-4,10-13,19-20H,5-9H2,(H,21,22)(H,23,24)/b3-1-,4-2-,14-10+,15-11+. The van der Waals surface area contributed by atoms with Gasteiger partial charge in [0.15, 0.2) is 11.5 Å². The molecule has 0 heterocycles. The van der Waals surface area contributed by atoms with Crippen LogP contribution in [0, 0.1) is 17.3 Å². The van der Waals surface area contributed by atoms with Crippen LogP contribution < -0.4 is 0 Å². The number of carbonyl (C=O) groups is 2. The molecular formula is C18H22O6. The van der Waals surface area contributed by atoms with Crippen molar-refractivity contribution in [2.24, 2.45) is 17.3 Å². The molecule has 2 aliphatic rings. The van der Waals surface area contributed by atoms with Crippen molar-refractivity contribution in [2.75, 3.05) is 0 Å². The van der Waals surface area contributed by atoms with E-state index in [2.05, 4.69) is 0 Å². The number of hydrogen-bond acceptors (Lipinski definition) is 4. The van der Waals surface area contributed by atoms with Gasteiger partial charge in [0.1, 0.15) is 5.41 Å². The first-order valence-electron chi connectivity index (χ1n) is 7.98. The van der Waals surface area contributed by atoms with E-state index >= 15 is 0 Å². The average molecular weight is 334 g/mol. The van der Waals surface area contributed by atoms with Crippen LogP contribution in [0.25, 0.3) is 0 Å². The molecule has 4 N–H and O–H groups in total. The van der Waals surface area contributed by atoms with Gasteiger partial charge in [-0.3, -0.25) is 9.59 Å². The molecule has 6 heteroatoms. The number of rotatable bonds is 3. The van der Waals surface area contributed by atoms with Crippen molar-refractivity contribution in [1.29, 1.82) is 0 Å². The molecule has 0 aromatic rings. The van der Waals surface area contributed by atoms with E-state index in [1.54, 1.807) is 6.08 Å². The highest BCUT2D eigenvalue weighted by Gasteiger charge is 2.53. The van der Waals surface area contributed by atoms with Crippen molar-refractivity contribution >= 4 is 11.9 Å². The van der Waals surface area contributed by atoms with E-state index in [9.17, 15) is 30.0 Å². The number of aliphatic hydroxyl groups is 2. The van der Waals surface area contributed by atoms with Crippen LogP contribution in [0.4, 0.5) is 0 Å². The summed E-state index contributed by atoms with van der Waals surface area (Å²) in [6.45, 7) is 0. The van der Waals surface area contributed by atoms with Gasteiger partial charge in [-0.1, -0.05) is 24.3 Å². The molecule has 0 aliphatic heterocycles. The summed E-state index contributed by atoms with van der Waals surface area (Å²) in [7, 11) is 0. The first kappa shape index (κ1) is 17.8. The lowest BCUT2D eigenvalue weighted by Gasteiger charge is -2.40. The first-order valence-corrected chi connectivity index (χ1v) is 7.98.